The lowest BCUT2D eigenvalue weighted by Crippen LogP contribution is -1.95. The van der Waals surface area contributed by atoms with E-state index in [0.29, 0.717) is 5.92 Å². The first kappa shape index (κ1) is 11.1. The van der Waals surface area contributed by atoms with Crippen molar-refractivity contribution in [3.8, 4) is 0 Å². The summed E-state index contributed by atoms with van der Waals surface area (Å²) in [7, 11) is 0. The highest BCUT2D eigenvalue weighted by Gasteiger charge is 2.18. The maximum atomic E-state index is 9.46. The molecule has 1 saturated carbocycles. The van der Waals surface area contributed by atoms with Crippen LogP contribution in [0.1, 0.15) is 67.4 Å². The van der Waals surface area contributed by atoms with Gasteiger partial charge in [0.15, 0.2) is 0 Å². The highest BCUT2D eigenvalue weighted by atomic mass is 32.1. The molecule has 1 N–H and O–H groups in total. The zero-order chi connectivity index (χ0) is 10.7. The predicted molar refractivity (Wildman–Crippen MR) is 63.2 cm³/mol. The third kappa shape index (κ3) is 2.79. The van der Waals surface area contributed by atoms with Crippen molar-refractivity contribution in [3.63, 3.8) is 0 Å². The van der Waals surface area contributed by atoms with Crippen LogP contribution >= 0.6 is 11.3 Å². The van der Waals surface area contributed by atoms with Crippen LogP contribution in [0.5, 0.6) is 0 Å². The molecule has 1 heterocycles. The summed E-state index contributed by atoms with van der Waals surface area (Å²) >= 11 is 1.70. The van der Waals surface area contributed by atoms with Crippen LogP contribution in [-0.2, 0) is 0 Å². The molecular formula is C12H19NOS. The third-order valence-corrected chi connectivity index (χ3v) is 4.49. The van der Waals surface area contributed by atoms with E-state index >= 15 is 0 Å². The van der Waals surface area contributed by atoms with Gasteiger partial charge in [0.05, 0.1) is 16.0 Å². The van der Waals surface area contributed by atoms with E-state index in [-0.39, 0.29) is 6.10 Å². The summed E-state index contributed by atoms with van der Waals surface area (Å²) in [6.45, 7) is 1.81. The van der Waals surface area contributed by atoms with Crippen molar-refractivity contribution in [2.75, 3.05) is 0 Å². The van der Waals surface area contributed by atoms with Crippen LogP contribution in [0.4, 0.5) is 0 Å². The van der Waals surface area contributed by atoms with Gasteiger partial charge in [-0.05, 0) is 19.8 Å². The van der Waals surface area contributed by atoms with Crippen molar-refractivity contribution < 1.29 is 5.11 Å². The minimum absolute atomic E-state index is 0.359. The van der Waals surface area contributed by atoms with Crippen molar-refractivity contribution >= 4 is 11.3 Å². The monoisotopic (exact) mass is 225 g/mol. The molecule has 1 aliphatic rings. The Morgan fingerprint density at radius 3 is 2.53 bits per heavy atom. The average molecular weight is 225 g/mol. The fraction of sp³-hybridized carbons (Fsp3) is 0.750. The molecule has 84 valence electrons. The van der Waals surface area contributed by atoms with Crippen LogP contribution in [0.15, 0.2) is 6.20 Å². The van der Waals surface area contributed by atoms with Gasteiger partial charge >= 0.3 is 0 Å². The minimum Gasteiger partial charge on any atom is -0.388 e. The Labute approximate surface area is 95.4 Å². The van der Waals surface area contributed by atoms with Gasteiger partial charge in [0, 0.05) is 12.1 Å². The van der Waals surface area contributed by atoms with E-state index < -0.39 is 0 Å². The van der Waals surface area contributed by atoms with E-state index in [1.807, 2.05) is 13.1 Å². The van der Waals surface area contributed by atoms with E-state index in [4.69, 9.17) is 0 Å². The molecule has 1 aromatic rings. The molecule has 3 heteroatoms. The number of aromatic nitrogens is 1. The molecule has 0 aliphatic heterocycles. The number of thiazole rings is 1. The molecule has 2 rings (SSSR count). The van der Waals surface area contributed by atoms with Gasteiger partial charge in [-0.1, -0.05) is 25.7 Å². The summed E-state index contributed by atoms with van der Waals surface area (Å²) in [5.74, 6) is 0.657. The molecule has 0 amide bonds. The zero-order valence-corrected chi connectivity index (χ0v) is 10.1. The number of aliphatic hydroxyl groups is 1. The van der Waals surface area contributed by atoms with Gasteiger partial charge in [-0.3, -0.25) is 0 Å². The van der Waals surface area contributed by atoms with Crippen LogP contribution in [0.25, 0.3) is 0 Å². The molecular weight excluding hydrogens is 206 g/mol. The second-order valence-corrected chi connectivity index (χ2v) is 5.56. The lowest BCUT2D eigenvalue weighted by molar-refractivity contribution is 0.203. The Balaban J connectivity index is 2.06. The molecule has 1 unspecified atom stereocenters. The van der Waals surface area contributed by atoms with Crippen molar-refractivity contribution in [1.29, 1.82) is 0 Å². The van der Waals surface area contributed by atoms with E-state index in [1.165, 1.54) is 43.5 Å². The second kappa shape index (κ2) is 5.08. The average Bonchev–Trinajstić information content (AvgIpc) is 2.55. The zero-order valence-electron chi connectivity index (χ0n) is 9.28. The van der Waals surface area contributed by atoms with Gasteiger partial charge in [0.25, 0.3) is 0 Å². The number of hydrogen-bond acceptors (Lipinski definition) is 3. The maximum absolute atomic E-state index is 9.46. The van der Waals surface area contributed by atoms with E-state index in [2.05, 4.69) is 4.98 Å². The Hall–Kier alpha value is -0.410. The van der Waals surface area contributed by atoms with Crippen LogP contribution in [-0.4, -0.2) is 10.1 Å². The van der Waals surface area contributed by atoms with Crippen LogP contribution in [0, 0.1) is 0 Å². The molecule has 15 heavy (non-hydrogen) atoms. The summed E-state index contributed by atoms with van der Waals surface area (Å²) in [5.41, 5.74) is 0. The summed E-state index contributed by atoms with van der Waals surface area (Å²) in [6, 6.07) is 0. The molecule has 1 atom stereocenters. The molecule has 0 bridgehead atoms. The topological polar surface area (TPSA) is 33.1 Å². The van der Waals surface area contributed by atoms with Gasteiger partial charge in [-0.15, -0.1) is 11.3 Å². The normalized spacial score (nSPS) is 21.2. The first-order valence-electron chi connectivity index (χ1n) is 5.91. The number of rotatable bonds is 2. The summed E-state index contributed by atoms with van der Waals surface area (Å²) < 4.78 is 0. The maximum Gasteiger partial charge on any atom is 0.0959 e. The van der Waals surface area contributed by atoms with Gasteiger partial charge in [0.2, 0.25) is 0 Å². The molecule has 0 saturated heterocycles. The van der Waals surface area contributed by atoms with Crippen molar-refractivity contribution in [2.45, 2.75) is 57.5 Å². The predicted octanol–water partition coefficient (Wildman–Crippen LogP) is 3.63. The Morgan fingerprint density at radius 2 is 2.00 bits per heavy atom. The number of hydrogen-bond donors (Lipinski definition) is 1. The molecule has 2 nitrogen and oxygen atoms in total. The summed E-state index contributed by atoms with van der Waals surface area (Å²) in [4.78, 5) is 5.47. The van der Waals surface area contributed by atoms with Gasteiger partial charge in [0.1, 0.15) is 0 Å². The Kier molecular flexibility index (Phi) is 3.76. The standard InChI is InChI=1S/C12H19NOS/c1-9(14)11-8-13-12(15-11)10-6-4-2-3-5-7-10/h8-10,14H,2-7H2,1H3. The highest BCUT2D eigenvalue weighted by molar-refractivity contribution is 7.11. The first-order chi connectivity index (χ1) is 7.27. The highest BCUT2D eigenvalue weighted by Crippen LogP contribution is 2.34. The Bertz CT molecular complexity index is 300. The molecule has 0 spiro atoms. The smallest absolute Gasteiger partial charge is 0.0959 e. The van der Waals surface area contributed by atoms with E-state index in [9.17, 15) is 5.11 Å². The number of nitrogens with zero attached hydrogens (tertiary/aromatic N) is 1. The van der Waals surface area contributed by atoms with Gasteiger partial charge in [-0.25, -0.2) is 4.98 Å². The fourth-order valence-corrected chi connectivity index (χ4v) is 3.23. The van der Waals surface area contributed by atoms with Crippen molar-refractivity contribution in [3.05, 3.63) is 16.1 Å². The molecule has 0 radical (unpaired) electrons. The third-order valence-electron chi connectivity index (χ3n) is 3.16. The largest absolute Gasteiger partial charge is 0.388 e. The lowest BCUT2D eigenvalue weighted by atomic mass is 10.0. The van der Waals surface area contributed by atoms with Crippen LogP contribution < -0.4 is 0 Å². The van der Waals surface area contributed by atoms with E-state index in [1.54, 1.807) is 11.3 Å². The minimum atomic E-state index is -0.359. The van der Waals surface area contributed by atoms with Crippen LogP contribution in [0.2, 0.25) is 0 Å². The first-order valence-corrected chi connectivity index (χ1v) is 6.72. The summed E-state index contributed by atoms with van der Waals surface area (Å²) in [6.07, 6.45) is 9.50. The second-order valence-electron chi connectivity index (χ2n) is 4.47. The molecule has 1 fully saturated rings. The Morgan fingerprint density at radius 1 is 1.33 bits per heavy atom. The fourth-order valence-electron chi connectivity index (χ4n) is 2.21. The van der Waals surface area contributed by atoms with E-state index in [0.717, 1.165) is 4.88 Å². The van der Waals surface area contributed by atoms with Crippen molar-refractivity contribution in [1.82, 2.24) is 4.98 Å². The van der Waals surface area contributed by atoms with Gasteiger partial charge in [-0.2, -0.15) is 0 Å². The number of aliphatic hydroxyl groups excluding tert-OH is 1. The van der Waals surface area contributed by atoms with Gasteiger partial charge < -0.3 is 5.11 Å². The van der Waals surface area contributed by atoms with Crippen molar-refractivity contribution in [2.24, 2.45) is 0 Å². The molecule has 1 aliphatic carbocycles. The van der Waals surface area contributed by atoms with Crippen LogP contribution in [0.3, 0.4) is 0 Å². The summed E-state index contributed by atoms with van der Waals surface area (Å²) in [5, 5.41) is 10.7. The molecule has 1 aromatic heterocycles. The SMILES string of the molecule is CC(O)c1cnc(C2CCCCCC2)s1. The quantitative estimate of drug-likeness (QED) is 0.780. The lowest BCUT2D eigenvalue weighted by Gasteiger charge is -2.09. The molecule has 0 aromatic carbocycles.